The molecule has 1 aliphatic rings. The van der Waals surface area contributed by atoms with Crippen LogP contribution in [0.3, 0.4) is 0 Å². The van der Waals surface area contributed by atoms with E-state index in [2.05, 4.69) is 22.4 Å². The van der Waals surface area contributed by atoms with Crippen LogP contribution < -0.4 is 10.1 Å². The second-order valence-corrected chi connectivity index (χ2v) is 5.50. The van der Waals surface area contributed by atoms with E-state index in [0.29, 0.717) is 17.8 Å². The number of methoxy groups -OCH3 is 1. The van der Waals surface area contributed by atoms with Gasteiger partial charge in [-0.15, -0.1) is 0 Å². The van der Waals surface area contributed by atoms with Crippen LogP contribution in [0.2, 0.25) is 0 Å². The zero-order valence-corrected chi connectivity index (χ0v) is 12.3. The summed E-state index contributed by atoms with van der Waals surface area (Å²) in [6, 6.07) is 13.5. The SMILES string of the molecule is COc1cccc(C2CC(Nc3cccc(C(=O)O)n3)C2)c1. The Morgan fingerprint density at radius 3 is 2.77 bits per heavy atom. The second-order valence-electron chi connectivity index (χ2n) is 5.50. The first-order valence-electron chi connectivity index (χ1n) is 7.26. The minimum Gasteiger partial charge on any atom is -0.497 e. The predicted molar refractivity (Wildman–Crippen MR) is 83.6 cm³/mol. The number of rotatable bonds is 5. The van der Waals surface area contributed by atoms with E-state index in [1.54, 1.807) is 19.2 Å². The van der Waals surface area contributed by atoms with Crippen LogP contribution in [0.4, 0.5) is 5.82 Å². The highest BCUT2D eigenvalue weighted by Gasteiger charge is 2.30. The molecule has 5 nitrogen and oxygen atoms in total. The van der Waals surface area contributed by atoms with Crippen molar-refractivity contribution in [2.24, 2.45) is 0 Å². The Morgan fingerprint density at radius 2 is 2.05 bits per heavy atom. The minimum absolute atomic E-state index is 0.0636. The van der Waals surface area contributed by atoms with Crippen LogP contribution in [0.25, 0.3) is 0 Å². The lowest BCUT2D eigenvalue weighted by molar-refractivity contribution is 0.0690. The van der Waals surface area contributed by atoms with Gasteiger partial charge >= 0.3 is 5.97 Å². The van der Waals surface area contributed by atoms with E-state index < -0.39 is 5.97 Å². The van der Waals surface area contributed by atoms with Crippen molar-refractivity contribution in [2.45, 2.75) is 24.8 Å². The van der Waals surface area contributed by atoms with E-state index in [9.17, 15) is 4.79 Å². The summed E-state index contributed by atoms with van der Waals surface area (Å²) in [6.07, 6.45) is 2.01. The van der Waals surface area contributed by atoms with Crippen LogP contribution in [0.15, 0.2) is 42.5 Å². The highest BCUT2D eigenvalue weighted by atomic mass is 16.5. The van der Waals surface area contributed by atoms with Crippen LogP contribution in [-0.2, 0) is 0 Å². The Balaban J connectivity index is 1.59. The fraction of sp³-hybridized carbons (Fsp3) is 0.294. The van der Waals surface area contributed by atoms with Gasteiger partial charge in [-0.05, 0) is 48.6 Å². The molecule has 1 aromatic heterocycles. The molecule has 0 saturated heterocycles. The Hall–Kier alpha value is -2.56. The van der Waals surface area contributed by atoms with Crippen LogP contribution in [0.5, 0.6) is 5.75 Å². The van der Waals surface area contributed by atoms with Gasteiger partial charge < -0.3 is 15.2 Å². The van der Waals surface area contributed by atoms with Crippen molar-refractivity contribution < 1.29 is 14.6 Å². The average molecular weight is 298 g/mol. The number of carbonyl (C=O) groups is 1. The molecule has 0 radical (unpaired) electrons. The summed E-state index contributed by atoms with van der Waals surface area (Å²) in [5.41, 5.74) is 1.35. The smallest absolute Gasteiger partial charge is 0.354 e. The van der Waals surface area contributed by atoms with E-state index in [-0.39, 0.29) is 5.69 Å². The lowest BCUT2D eigenvalue weighted by atomic mass is 9.76. The highest BCUT2D eigenvalue weighted by molar-refractivity contribution is 5.85. The van der Waals surface area contributed by atoms with E-state index >= 15 is 0 Å². The quantitative estimate of drug-likeness (QED) is 0.887. The van der Waals surface area contributed by atoms with Crippen molar-refractivity contribution in [1.29, 1.82) is 0 Å². The zero-order chi connectivity index (χ0) is 15.5. The van der Waals surface area contributed by atoms with Crippen molar-refractivity contribution in [3.63, 3.8) is 0 Å². The average Bonchev–Trinajstić information content (AvgIpc) is 2.50. The van der Waals surface area contributed by atoms with Crippen LogP contribution >= 0.6 is 0 Å². The monoisotopic (exact) mass is 298 g/mol. The molecule has 114 valence electrons. The lowest BCUT2D eigenvalue weighted by Crippen LogP contribution is -2.34. The molecule has 1 heterocycles. The summed E-state index contributed by atoms with van der Waals surface area (Å²) in [7, 11) is 1.67. The molecule has 3 rings (SSSR count). The van der Waals surface area contributed by atoms with E-state index in [4.69, 9.17) is 9.84 Å². The fourth-order valence-electron chi connectivity index (χ4n) is 2.75. The molecular formula is C17H18N2O3. The maximum absolute atomic E-state index is 10.9. The van der Waals surface area contributed by atoms with Crippen LogP contribution in [0.1, 0.15) is 34.8 Å². The first kappa shape index (κ1) is 14.4. The Bertz CT molecular complexity index is 681. The van der Waals surface area contributed by atoms with Gasteiger partial charge in [-0.2, -0.15) is 0 Å². The summed E-state index contributed by atoms with van der Waals surface area (Å²) in [4.78, 5) is 15.0. The van der Waals surface area contributed by atoms with Gasteiger partial charge in [0.1, 0.15) is 11.6 Å². The first-order chi connectivity index (χ1) is 10.7. The molecule has 0 amide bonds. The Kier molecular flexibility index (Phi) is 3.96. The van der Waals surface area contributed by atoms with Crippen molar-refractivity contribution in [1.82, 2.24) is 4.98 Å². The van der Waals surface area contributed by atoms with Crippen molar-refractivity contribution in [3.05, 3.63) is 53.7 Å². The lowest BCUT2D eigenvalue weighted by Gasteiger charge is -2.36. The van der Waals surface area contributed by atoms with Gasteiger partial charge in [0.2, 0.25) is 0 Å². The number of nitrogens with zero attached hydrogens (tertiary/aromatic N) is 1. The Labute approximate surface area is 129 Å². The van der Waals surface area contributed by atoms with Crippen molar-refractivity contribution >= 4 is 11.8 Å². The first-order valence-corrected chi connectivity index (χ1v) is 7.26. The number of carboxylic acids is 1. The number of pyridine rings is 1. The number of aromatic carboxylic acids is 1. The molecule has 5 heteroatoms. The number of anilines is 1. The van der Waals surface area contributed by atoms with E-state index in [1.807, 2.05) is 12.1 Å². The molecule has 1 fully saturated rings. The van der Waals surface area contributed by atoms with Gasteiger partial charge in [0.15, 0.2) is 5.69 Å². The molecule has 0 spiro atoms. The summed E-state index contributed by atoms with van der Waals surface area (Å²) < 4.78 is 5.25. The normalized spacial score (nSPS) is 20.0. The molecule has 0 unspecified atom stereocenters. The zero-order valence-electron chi connectivity index (χ0n) is 12.3. The third kappa shape index (κ3) is 3.03. The minimum atomic E-state index is -1.01. The molecule has 1 saturated carbocycles. The number of nitrogens with one attached hydrogen (secondary N) is 1. The van der Waals surface area contributed by atoms with Gasteiger partial charge in [-0.1, -0.05) is 18.2 Å². The van der Waals surface area contributed by atoms with Gasteiger partial charge in [0.25, 0.3) is 0 Å². The molecule has 1 aromatic carbocycles. The summed E-state index contributed by atoms with van der Waals surface area (Å²) in [6.45, 7) is 0. The topological polar surface area (TPSA) is 71.5 Å². The molecule has 0 bridgehead atoms. The summed E-state index contributed by atoms with van der Waals surface area (Å²) in [5, 5.41) is 12.2. The third-order valence-corrected chi connectivity index (χ3v) is 4.02. The number of carboxylic acid groups (broad SMARTS) is 1. The molecule has 2 aromatic rings. The van der Waals surface area contributed by atoms with Crippen molar-refractivity contribution in [2.75, 3.05) is 12.4 Å². The van der Waals surface area contributed by atoms with Crippen molar-refractivity contribution in [3.8, 4) is 5.75 Å². The second kappa shape index (κ2) is 6.05. The highest BCUT2D eigenvalue weighted by Crippen LogP contribution is 2.39. The molecule has 22 heavy (non-hydrogen) atoms. The third-order valence-electron chi connectivity index (χ3n) is 4.02. The molecular weight excluding hydrogens is 280 g/mol. The summed E-state index contributed by atoms with van der Waals surface area (Å²) >= 11 is 0. The molecule has 1 aliphatic carbocycles. The number of benzene rings is 1. The number of hydrogen-bond acceptors (Lipinski definition) is 4. The van der Waals surface area contributed by atoms with Crippen LogP contribution in [0, 0.1) is 0 Å². The standard InChI is InChI=1S/C17H18N2O3/c1-22-14-5-2-4-11(10-14)12-8-13(9-12)18-16-7-3-6-15(19-16)17(20)21/h2-7,10,12-13H,8-9H2,1H3,(H,18,19)(H,20,21). The van der Waals surface area contributed by atoms with E-state index in [0.717, 1.165) is 18.6 Å². The summed E-state index contributed by atoms with van der Waals surface area (Å²) in [5.74, 6) is 1.00. The maximum atomic E-state index is 10.9. The number of hydrogen-bond donors (Lipinski definition) is 2. The number of aromatic nitrogens is 1. The van der Waals surface area contributed by atoms with Crippen LogP contribution in [-0.4, -0.2) is 29.2 Å². The Morgan fingerprint density at radius 1 is 1.27 bits per heavy atom. The van der Waals surface area contributed by atoms with Gasteiger partial charge in [0, 0.05) is 6.04 Å². The molecule has 0 atom stereocenters. The molecule has 2 N–H and O–H groups in total. The number of ether oxygens (including phenoxy) is 1. The molecule has 0 aliphatic heterocycles. The van der Waals surface area contributed by atoms with Gasteiger partial charge in [-0.25, -0.2) is 9.78 Å². The van der Waals surface area contributed by atoms with Gasteiger partial charge in [0.05, 0.1) is 7.11 Å². The predicted octanol–water partition coefficient (Wildman–Crippen LogP) is 3.15. The van der Waals surface area contributed by atoms with E-state index in [1.165, 1.54) is 11.6 Å². The maximum Gasteiger partial charge on any atom is 0.354 e. The van der Waals surface area contributed by atoms with Gasteiger partial charge in [-0.3, -0.25) is 0 Å². The fourth-order valence-corrected chi connectivity index (χ4v) is 2.75. The largest absolute Gasteiger partial charge is 0.497 e.